The van der Waals surface area contributed by atoms with Gasteiger partial charge in [-0.1, -0.05) is 0 Å². The van der Waals surface area contributed by atoms with E-state index < -0.39 is 0 Å². The molecule has 2 aromatic heterocycles. The highest BCUT2D eigenvalue weighted by Crippen LogP contribution is 2.31. The van der Waals surface area contributed by atoms with Crippen molar-refractivity contribution in [3.8, 4) is 0 Å². The third kappa shape index (κ3) is 2.14. The number of nitrogen functional groups attached to an aromatic ring is 1. The van der Waals surface area contributed by atoms with E-state index in [0.29, 0.717) is 12.2 Å². The molecule has 0 atom stereocenters. The molecule has 88 valence electrons. The number of thiazole rings is 1. The first kappa shape index (κ1) is 11.0. The number of aromatic nitrogens is 3. The largest absolute Gasteiger partial charge is 0.383 e. The first-order chi connectivity index (χ1) is 8.22. The predicted molar refractivity (Wildman–Crippen MR) is 71.1 cm³/mol. The van der Waals surface area contributed by atoms with E-state index in [1.165, 1.54) is 0 Å². The summed E-state index contributed by atoms with van der Waals surface area (Å²) in [4.78, 5) is 13.4. The Kier molecular flexibility index (Phi) is 2.76. The molecule has 6 heteroatoms. The summed E-state index contributed by atoms with van der Waals surface area (Å²) >= 11 is 3.49. The van der Waals surface area contributed by atoms with Crippen molar-refractivity contribution in [1.82, 2.24) is 15.0 Å². The maximum atomic E-state index is 5.95. The lowest BCUT2D eigenvalue weighted by atomic mass is 10.2. The standard InChI is InChI=1S/C11H12N4S2/c1-6-3-17-10(13-6)2-9-14-8-5-16-4-7(8)11(12)15-9/h3H,2,4-5H2,1H3,(H2,12,14,15). The molecule has 0 aliphatic carbocycles. The molecule has 0 radical (unpaired) electrons. The van der Waals surface area contributed by atoms with E-state index >= 15 is 0 Å². The summed E-state index contributed by atoms with van der Waals surface area (Å²) in [5.74, 6) is 3.32. The molecular formula is C11H12N4S2. The zero-order valence-corrected chi connectivity index (χ0v) is 11.1. The molecule has 0 fully saturated rings. The minimum Gasteiger partial charge on any atom is -0.383 e. The number of fused-ring (bicyclic) bond motifs is 1. The summed E-state index contributed by atoms with van der Waals surface area (Å²) in [7, 11) is 0. The number of hydrogen-bond donors (Lipinski definition) is 1. The van der Waals surface area contributed by atoms with Gasteiger partial charge >= 0.3 is 0 Å². The highest BCUT2D eigenvalue weighted by atomic mass is 32.2. The van der Waals surface area contributed by atoms with Crippen LogP contribution in [0.25, 0.3) is 0 Å². The predicted octanol–water partition coefficient (Wildman–Crippen LogP) is 2.16. The van der Waals surface area contributed by atoms with Gasteiger partial charge < -0.3 is 5.73 Å². The molecule has 4 nitrogen and oxygen atoms in total. The van der Waals surface area contributed by atoms with Gasteiger partial charge in [-0.3, -0.25) is 0 Å². The van der Waals surface area contributed by atoms with Crippen molar-refractivity contribution >= 4 is 28.9 Å². The van der Waals surface area contributed by atoms with Crippen LogP contribution in [-0.2, 0) is 17.9 Å². The molecule has 2 aromatic rings. The van der Waals surface area contributed by atoms with Gasteiger partial charge in [-0.2, -0.15) is 11.8 Å². The lowest BCUT2D eigenvalue weighted by Gasteiger charge is -2.04. The van der Waals surface area contributed by atoms with Gasteiger partial charge in [0.25, 0.3) is 0 Å². The van der Waals surface area contributed by atoms with Crippen molar-refractivity contribution in [1.29, 1.82) is 0 Å². The van der Waals surface area contributed by atoms with Crippen molar-refractivity contribution in [2.75, 3.05) is 5.73 Å². The summed E-state index contributed by atoms with van der Waals surface area (Å²) in [6.07, 6.45) is 0.681. The zero-order valence-electron chi connectivity index (χ0n) is 9.43. The second kappa shape index (κ2) is 4.27. The van der Waals surface area contributed by atoms with Gasteiger partial charge in [0.1, 0.15) is 16.6 Å². The van der Waals surface area contributed by atoms with Gasteiger partial charge in [-0.25, -0.2) is 15.0 Å². The van der Waals surface area contributed by atoms with Gasteiger partial charge in [0, 0.05) is 28.1 Å². The molecule has 1 aliphatic rings. The van der Waals surface area contributed by atoms with E-state index in [4.69, 9.17) is 5.73 Å². The number of rotatable bonds is 2. The summed E-state index contributed by atoms with van der Waals surface area (Å²) in [6.45, 7) is 1.99. The van der Waals surface area contributed by atoms with Crippen molar-refractivity contribution in [3.05, 3.63) is 33.2 Å². The lowest BCUT2D eigenvalue weighted by molar-refractivity contribution is 0.924. The fourth-order valence-electron chi connectivity index (χ4n) is 1.83. The van der Waals surface area contributed by atoms with Crippen LogP contribution in [0.3, 0.4) is 0 Å². The first-order valence-electron chi connectivity index (χ1n) is 5.35. The fraction of sp³-hybridized carbons (Fsp3) is 0.364. The molecule has 3 heterocycles. The summed E-state index contributed by atoms with van der Waals surface area (Å²) in [6, 6.07) is 0. The number of anilines is 1. The fourth-order valence-corrected chi connectivity index (χ4v) is 3.65. The molecule has 0 bridgehead atoms. The minimum atomic E-state index is 0.642. The van der Waals surface area contributed by atoms with Crippen LogP contribution in [0.15, 0.2) is 5.38 Å². The maximum absolute atomic E-state index is 5.95. The van der Waals surface area contributed by atoms with Crippen LogP contribution < -0.4 is 5.73 Å². The molecule has 0 amide bonds. The van der Waals surface area contributed by atoms with Crippen LogP contribution in [0, 0.1) is 6.92 Å². The summed E-state index contributed by atoms with van der Waals surface area (Å²) < 4.78 is 0. The molecule has 0 saturated carbocycles. The van der Waals surface area contributed by atoms with Gasteiger partial charge in [-0.05, 0) is 6.92 Å². The molecule has 3 rings (SSSR count). The quantitative estimate of drug-likeness (QED) is 0.900. The zero-order chi connectivity index (χ0) is 11.8. The average Bonchev–Trinajstić information content (AvgIpc) is 2.87. The smallest absolute Gasteiger partial charge is 0.137 e. The Hall–Kier alpha value is -1.14. The average molecular weight is 264 g/mol. The molecule has 0 aromatic carbocycles. The Labute approximate surface area is 108 Å². The van der Waals surface area contributed by atoms with E-state index in [0.717, 1.165) is 39.3 Å². The highest BCUT2D eigenvalue weighted by molar-refractivity contribution is 7.98. The van der Waals surface area contributed by atoms with Gasteiger partial charge in [0.05, 0.1) is 12.1 Å². The normalized spacial score (nSPS) is 13.9. The Morgan fingerprint density at radius 2 is 2.18 bits per heavy atom. The SMILES string of the molecule is Cc1csc(Cc2nc(N)c3c(n2)CSC3)n1. The van der Waals surface area contributed by atoms with Crippen molar-refractivity contribution < 1.29 is 0 Å². The summed E-state index contributed by atoms with van der Waals surface area (Å²) in [5.41, 5.74) is 9.22. The van der Waals surface area contributed by atoms with Gasteiger partial charge in [0.15, 0.2) is 0 Å². The number of aryl methyl sites for hydroxylation is 1. The molecule has 17 heavy (non-hydrogen) atoms. The second-order valence-electron chi connectivity index (χ2n) is 4.00. The van der Waals surface area contributed by atoms with Crippen LogP contribution in [0.1, 0.15) is 27.8 Å². The molecular weight excluding hydrogens is 252 g/mol. The van der Waals surface area contributed by atoms with E-state index in [1.807, 2.05) is 24.1 Å². The van der Waals surface area contributed by atoms with E-state index in [1.54, 1.807) is 11.3 Å². The Morgan fingerprint density at radius 3 is 2.94 bits per heavy atom. The highest BCUT2D eigenvalue weighted by Gasteiger charge is 2.18. The molecule has 2 N–H and O–H groups in total. The third-order valence-electron chi connectivity index (χ3n) is 2.63. The number of hydrogen-bond acceptors (Lipinski definition) is 6. The second-order valence-corrected chi connectivity index (χ2v) is 5.93. The monoisotopic (exact) mass is 264 g/mol. The number of thioether (sulfide) groups is 1. The molecule has 0 saturated heterocycles. The third-order valence-corrected chi connectivity index (χ3v) is 4.57. The summed E-state index contributed by atoms with van der Waals surface area (Å²) in [5, 5.41) is 3.09. The van der Waals surface area contributed by atoms with Crippen molar-refractivity contribution in [2.24, 2.45) is 0 Å². The van der Waals surface area contributed by atoms with E-state index in [9.17, 15) is 0 Å². The van der Waals surface area contributed by atoms with Crippen molar-refractivity contribution in [2.45, 2.75) is 24.9 Å². The Bertz CT molecular complexity index is 565. The van der Waals surface area contributed by atoms with E-state index in [-0.39, 0.29) is 0 Å². The molecule has 0 unspecified atom stereocenters. The molecule has 0 spiro atoms. The molecule has 1 aliphatic heterocycles. The van der Waals surface area contributed by atoms with Crippen LogP contribution in [0.5, 0.6) is 0 Å². The van der Waals surface area contributed by atoms with Crippen LogP contribution in [-0.4, -0.2) is 15.0 Å². The van der Waals surface area contributed by atoms with Crippen LogP contribution >= 0.6 is 23.1 Å². The Balaban J connectivity index is 1.91. The number of nitrogens with two attached hydrogens (primary N) is 1. The van der Waals surface area contributed by atoms with Crippen LogP contribution in [0.2, 0.25) is 0 Å². The number of nitrogens with zero attached hydrogens (tertiary/aromatic N) is 3. The topological polar surface area (TPSA) is 64.7 Å². The van der Waals surface area contributed by atoms with Crippen molar-refractivity contribution in [3.63, 3.8) is 0 Å². The lowest BCUT2D eigenvalue weighted by Crippen LogP contribution is -2.06. The van der Waals surface area contributed by atoms with Crippen LogP contribution in [0.4, 0.5) is 5.82 Å². The minimum absolute atomic E-state index is 0.642. The first-order valence-corrected chi connectivity index (χ1v) is 7.38. The van der Waals surface area contributed by atoms with Gasteiger partial charge in [0.2, 0.25) is 0 Å². The van der Waals surface area contributed by atoms with E-state index in [2.05, 4.69) is 15.0 Å². The van der Waals surface area contributed by atoms with Gasteiger partial charge in [-0.15, -0.1) is 11.3 Å². The maximum Gasteiger partial charge on any atom is 0.137 e. The Morgan fingerprint density at radius 1 is 1.29 bits per heavy atom.